The maximum absolute atomic E-state index is 9.19. The van der Waals surface area contributed by atoms with E-state index < -0.39 is 0 Å². The number of hydrogen-bond acceptors (Lipinski definition) is 2. The molecule has 0 fully saturated rings. The minimum atomic E-state index is 0.349. The average molecular weight is 238 g/mol. The first kappa shape index (κ1) is 13.4. The van der Waals surface area contributed by atoms with Crippen molar-refractivity contribution in [2.75, 3.05) is 5.75 Å². The Morgan fingerprint density at radius 1 is 1.19 bits per heavy atom. The monoisotopic (exact) mass is 238 g/mol. The van der Waals surface area contributed by atoms with Gasteiger partial charge in [0.1, 0.15) is 5.75 Å². The van der Waals surface area contributed by atoms with Crippen LogP contribution in [0.1, 0.15) is 39.5 Å². The summed E-state index contributed by atoms with van der Waals surface area (Å²) >= 11 is 1.90. The van der Waals surface area contributed by atoms with Crippen LogP contribution < -0.4 is 0 Å². The van der Waals surface area contributed by atoms with Crippen LogP contribution in [0.2, 0.25) is 0 Å². The summed E-state index contributed by atoms with van der Waals surface area (Å²) in [5, 5.41) is 9.19. The van der Waals surface area contributed by atoms with Gasteiger partial charge in [0.2, 0.25) is 0 Å². The van der Waals surface area contributed by atoms with Crippen molar-refractivity contribution >= 4 is 11.8 Å². The Kier molecular flexibility index (Phi) is 6.39. The van der Waals surface area contributed by atoms with Crippen LogP contribution in [-0.2, 0) is 0 Å². The molecule has 0 heterocycles. The van der Waals surface area contributed by atoms with E-state index in [0.29, 0.717) is 5.75 Å². The number of phenols is 1. The fourth-order valence-corrected chi connectivity index (χ4v) is 2.81. The van der Waals surface area contributed by atoms with Crippen LogP contribution in [0.4, 0.5) is 0 Å². The molecule has 0 saturated heterocycles. The van der Waals surface area contributed by atoms with Gasteiger partial charge in [-0.3, -0.25) is 0 Å². The van der Waals surface area contributed by atoms with E-state index in [4.69, 9.17) is 0 Å². The SMILES string of the molecule is CCCCC(CC)CSc1ccc(O)cc1. The largest absolute Gasteiger partial charge is 0.508 e. The number of unbranched alkanes of at least 4 members (excludes halogenated alkanes) is 1. The van der Waals surface area contributed by atoms with Gasteiger partial charge in [-0.2, -0.15) is 0 Å². The number of benzene rings is 1. The van der Waals surface area contributed by atoms with E-state index in [0.717, 1.165) is 5.92 Å². The predicted molar refractivity (Wildman–Crippen MR) is 72.1 cm³/mol. The molecule has 1 unspecified atom stereocenters. The third kappa shape index (κ3) is 4.93. The molecule has 1 aromatic carbocycles. The molecule has 1 rings (SSSR count). The zero-order chi connectivity index (χ0) is 11.8. The van der Waals surface area contributed by atoms with E-state index in [1.807, 2.05) is 23.9 Å². The zero-order valence-electron chi connectivity index (χ0n) is 10.3. The Balaban J connectivity index is 2.34. The number of hydrogen-bond donors (Lipinski definition) is 1. The van der Waals surface area contributed by atoms with Crippen molar-refractivity contribution in [3.8, 4) is 5.75 Å². The second kappa shape index (κ2) is 7.61. The normalized spacial score (nSPS) is 12.6. The lowest BCUT2D eigenvalue weighted by Gasteiger charge is -2.13. The molecule has 90 valence electrons. The molecule has 0 aliphatic heterocycles. The summed E-state index contributed by atoms with van der Waals surface area (Å²) in [6.45, 7) is 4.53. The smallest absolute Gasteiger partial charge is 0.115 e. The van der Waals surface area contributed by atoms with Gasteiger partial charge in [-0.05, 0) is 36.6 Å². The third-order valence-electron chi connectivity index (χ3n) is 2.87. The fourth-order valence-electron chi connectivity index (χ4n) is 1.65. The first-order chi connectivity index (χ1) is 7.76. The summed E-state index contributed by atoms with van der Waals surface area (Å²) in [6.07, 6.45) is 5.25. The molecule has 0 spiro atoms. The Bertz CT molecular complexity index is 281. The molecule has 1 nitrogen and oxygen atoms in total. The highest BCUT2D eigenvalue weighted by molar-refractivity contribution is 7.99. The van der Waals surface area contributed by atoms with Gasteiger partial charge in [-0.25, -0.2) is 0 Å². The van der Waals surface area contributed by atoms with Gasteiger partial charge >= 0.3 is 0 Å². The molecular formula is C14H22OS. The van der Waals surface area contributed by atoms with Gasteiger partial charge in [0.05, 0.1) is 0 Å². The quantitative estimate of drug-likeness (QED) is 0.695. The first-order valence-electron chi connectivity index (χ1n) is 6.18. The highest BCUT2D eigenvalue weighted by atomic mass is 32.2. The summed E-state index contributed by atoms with van der Waals surface area (Å²) in [5.41, 5.74) is 0. The Morgan fingerprint density at radius 2 is 1.88 bits per heavy atom. The molecule has 0 saturated carbocycles. The predicted octanol–water partition coefficient (Wildman–Crippen LogP) is 4.70. The molecule has 0 bridgehead atoms. The van der Waals surface area contributed by atoms with E-state index in [2.05, 4.69) is 13.8 Å². The molecule has 1 atom stereocenters. The van der Waals surface area contributed by atoms with Crippen LogP contribution in [0.25, 0.3) is 0 Å². The lowest BCUT2D eigenvalue weighted by Crippen LogP contribution is -2.01. The molecule has 16 heavy (non-hydrogen) atoms. The minimum Gasteiger partial charge on any atom is -0.508 e. The summed E-state index contributed by atoms with van der Waals surface area (Å²) in [6, 6.07) is 7.50. The van der Waals surface area contributed by atoms with Crippen LogP contribution in [0.3, 0.4) is 0 Å². The third-order valence-corrected chi connectivity index (χ3v) is 4.11. The van der Waals surface area contributed by atoms with Gasteiger partial charge in [-0.1, -0.05) is 33.1 Å². The van der Waals surface area contributed by atoms with Crippen molar-refractivity contribution in [2.24, 2.45) is 5.92 Å². The Labute approximate surface area is 103 Å². The molecular weight excluding hydrogens is 216 g/mol. The highest BCUT2D eigenvalue weighted by Crippen LogP contribution is 2.26. The minimum absolute atomic E-state index is 0.349. The van der Waals surface area contributed by atoms with E-state index in [1.54, 1.807) is 12.1 Å². The number of aromatic hydroxyl groups is 1. The molecule has 0 radical (unpaired) electrons. The van der Waals surface area contributed by atoms with Crippen molar-refractivity contribution in [3.63, 3.8) is 0 Å². The van der Waals surface area contributed by atoms with Crippen LogP contribution in [0.5, 0.6) is 5.75 Å². The molecule has 1 N–H and O–H groups in total. The summed E-state index contributed by atoms with van der Waals surface area (Å²) in [5.74, 6) is 2.38. The molecule has 1 aromatic rings. The molecule has 0 aliphatic rings. The maximum Gasteiger partial charge on any atom is 0.115 e. The second-order valence-corrected chi connectivity index (χ2v) is 5.31. The van der Waals surface area contributed by atoms with Crippen molar-refractivity contribution in [1.29, 1.82) is 0 Å². The van der Waals surface area contributed by atoms with Gasteiger partial charge in [-0.15, -0.1) is 11.8 Å². The first-order valence-corrected chi connectivity index (χ1v) is 7.16. The maximum atomic E-state index is 9.19. The van der Waals surface area contributed by atoms with Crippen molar-refractivity contribution in [2.45, 2.75) is 44.4 Å². The van der Waals surface area contributed by atoms with Gasteiger partial charge in [0.25, 0.3) is 0 Å². The summed E-state index contributed by atoms with van der Waals surface area (Å²) in [7, 11) is 0. The second-order valence-electron chi connectivity index (χ2n) is 4.22. The summed E-state index contributed by atoms with van der Waals surface area (Å²) < 4.78 is 0. The van der Waals surface area contributed by atoms with Crippen molar-refractivity contribution in [1.82, 2.24) is 0 Å². The standard InChI is InChI=1S/C14H22OS/c1-3-5-6-12(4-2)11-16-14-9-7-13(15)8-10-14/h7-10,12,15H,3-6,11H2,1-2H3. The van der Waals surface area contributed by atoms with E-state index >= 15 is 0 Å². The van der Waals surface area contributed by atoms with Crippen molar-refractivity contribution < 1.29 is 5.11 Å². The number of phenolic OH excluding ortho intramolecular Hbond substituents is 1. The number of rotatable bonds is 7. The lowest BCUT2D eigenvalue weighted by atomic mass is 10.0. The Morgan fingerprint density at radius 3 is 2.44 bits per heavy atom. The van der Waals surface area contributed by atoms with Crippen LogP contribution in [0.15, 0.2) is 29.2 Å². The average Bonchev–Trinajstić information content (AvgIpc) is 2.32. The lowest BCUT2D eigenvalue weighted by molar-refractivity contribution is 0.475. The molecule has 2 heteroatoms. The van der Waals surface area contributed by atoms with E-state index in [1.165, 1.54) is 36.3 Å². The zero-order valence-corrected chi connectivity index (χ0v) is 11.1. The molecule has 0 aliphatic carbocycles. The van der Waals surface area contributed by atoms with Gasteiger partial charge in [0, 0.05) is 10.6 Å². The van der Waals surface area contributed by atoms with Crippen molar-refractivity contribution in [3.05, 3.63) is 24.3 Å². The molecule has 0 amide bonds. The molecule has 0 aromatic heterocycles. The topological polar surface area (TPSA) is 20.2 Å². The van der Waals surface area contributed by atoms with Crippen LogP contribution in [-0.4, -0.2) is 10.9 Å². The fraction of sp³-hybridized carbons (Fsp3) is 0.571. The summed E-state index contributed by atoms with van der Waals surface area (Å²) in [4.78, 5) is 1.26. The number of thioether (sulfide) groups is 1. The Hall–Kier alpha value is -0.630. The van der Waals surface area contributed by atoms with Gasteiger partial charge in [0.15, 0.2) is 0 Å². The van der Waals surface area contributed by atoms with E-state index in [9.17, 15) is 5.11 Å². The van der Waals surface area contributed by atoms with E-state index in [-0.39, 0.29) is 0 Å². The van der Waals surface area contributed by atoms with Crippen LogP contribution >= 0.6 is 11.8 Å². The highest BCUT2D eigenvalue weighted by Gasteiger charge is 2.06. The van der Waals surface area contributed by atoms with Crippen LogP contribution in [0, 0.1) is 5.92 Å². The van der Waals surface area contributed by atoms with Gasteiger partial charge < -0.3 is 5.11 Å².